The smallest absolute Gasteiger partial charge is 0.410 e. The maximum atomic E-state index is 12.4. The molecule has 4 nitrogen and oxygen atoms in total. The number of nitrogens with zero attached hydrogens (tertiary/aromatic N) is 1. The van der Waals surface area contributed by atoms with Gasteiger partial charge in [-0.15, -0.1) is 0 Å². The number of piperidine rings is 1. The maximum absolute atomic E-state index is 12.4. The van der Waals surface area contributed by atoms with Crippen LogP contribution in [0.4, 0.5) is 4.79 Å². The Morgan fingerprint density at radius 1 is 1.38 bits per heavy atom. The first kappa shape index (κ1) is 14.4. The minimum Gasteiger partial charge on any atom is -0.445 e. The number of nitrogens with two attached hydrogens (primary N) is 1. The highest BCUT2D eigenvalue weighted by atomic mass is 16.6. The molecule has 2 N–H and O–H groups in total. The number of carbonyl (C=O) groups excluding carboxylic acids is 1. The first-order valence-electron chi connectivity index (χ1n) is 7.74. The lowest BCUT2D eigenvalue weighted by Gasteiger charge is -2.62. The van der Waals surface area contributed by atoms with Crippen LogP contribution < -0.4 is 5.73 Å². The number of hydrogen-bond donors (Lipinski definition) is 1. The summed E-state index contributed by atoms with van der Waals surface area (Å²) in [4.78, 5) is 14.3. The number of hydrogen-bond acceptors (Lipinski definition) is 3. The van der Waals surface area contributed by atoms with Gasteiger partial charge in [-0.3, -0.25) is 0 Å². The van der Waals surface area contributed by atoms with Crippen LogP contribution in [0, 0.1) is 11.3 Å². The van der Waals surface area contributed by atoms with Crippen molar-refractivity contribution in [2.45, 2.75) is 45.4 Å². The van der Waals surface area contributed by atoms with Gasteiger partial charge in [0, 0.05) is 24.0 Å². The molecular formula is C17H24N2O2. The summed E-state index contributed by atoms with van der Waals surface area (Å²) in [7, 11) is 0. The Balaban J connectivity index is 1.64. The van der Waals surface area contributed by atoms with E-state index in [-0.39, 0.29) is 23.6 Å². The Morgan fingerprint density at radius 2 is 2.10 bits per heavy atom. The third-order valence-corrected chi connectivity index (χ3v) is 5.20. The fourth-order valence-electron chi connectivity index (χ4n) is 3.99. The minimum atomic E-state index is -0.200. The second-order valence-corrected chi connectivity index (χ2v) is 6.83. The fraction of sp³-hybridized carbons (Fsp3) is 0.588. The molecule has 2 aliphatic rings. The molecule has 1 saturated carbocycles. The lowest BCUT2D eigenvalue weighted by Crippen LogP contribution is -2.73. The summed E-state index contributed by atoms with van der Waals surface area (Å²) in [6.07, 6.45) is 1.94. The van der Waals surface area contributed by atoms with E-state index in [1.807, 2.05) is 35.2 Å². The Morgan fingerprint density at radius 3 is 2.81 bits per heavy atom. The monoisotopic (exact) mass is 288 g/mol. The second kappa shape index (κ2) is 5.34. The summed E-state index contributed by atoms with van der Waals surface area (Å²) in [6, 6.07) is 10.2. The third-order valence-electron chi connectivity index (χ3n) is 5.20. The maximum Gasteiger partial charge on any atom is 0.410 e. The predicted molar refractivity (Wildman–Crippen MR) is 81.6 cm³/mol. The SMILES string of the molecule is CC1(C)[C@H](N)[C@@H]2CCCN(C(=O)OCc3ccccc3)[C@@H]21. The highest BCUT2D eigenvalue weighted by Gasteiger charge is 2.59. The zero-order valence-electron chi connectivity index (χ0n) is 12.8. The molecule has 1 aliphatic heterocycles. The second-order valence-electron chi connectivity index (χ2n) is 6.83. The van der Waals surface area contributed by atoms with Crippen molar-refractivity contribution in [2.24, 2.45) is 17.1 Å². The lowest BCUT2D eigenvalue weighted by atomic mass is 9.53. The number of fused-ring (bicyclic) bond motifs is 1. The van der Waals surface area contributed by atoms with Crippen molar-refractivity contribution in [1.82, 2.24) is 4.90 Å². The van der Waals surface area contributed by atoms with Crippen molar-refractivity contribution in [3.05, 3.63) is 35.9 Å². The largest absolute Gasteiger partial charge is 0.445 e. The summed E-state index contributed by atoms with van der Waals surface area (Å²) in [6.45, 7) is 5.42. The molecule has 1 saturated heterocycles. The van der Waals surface area contributed by atoms with Gasteiger partial charge in [0.2, 0.25) is 0 Å². The van der Waals surface area contributed by atoms with Gasteiger partial charge in [0.25, 0.3) is 0 Å². The van der Waals surface area contributed by atoms with Crippen molar-refractivity contribution < 1.29 is 9.53 Å². The molecule has 0 aromatic heterocycles. The van der Waals surface area contributed by atoms with E-state index in [2.05, 4.69) is 13.8 Å². The van der Waals surface area contributed by atoms with E-state index in [1.54, 1.807) is 0 Å². The van der Waals surface area contributed by atoms with Gasteiger partial charge in [0.05, 0.1) is 0 Å². The average molecular weight is 288 g/mol. The number of amides is 1. The molecule has 1 aliphatic carbocycles. The van der Waals surface area contributed by atoms with Crippen LogP contribution in [0.15, 0.2) is 30.3 Å². The Labute approximate surface area is 126 Å². The van der Waals surface area contributed by atoms with E-state index in [4.69, 9.17) is 10.5 Å². The summed E-state index contributed by atoms with van der Waals surface area (Å²) in [5.74, 6) is 0.429. The van der Waals surface area contributed by atoms with Crippen LogP contribution in [0.1, 0.15) is 32.3 Å². The van der Waals surface area contributed by atoms with Gasteiger partial charge in [0.1, 0.15) is 6.61 Å². The van der Waals surface area contributed by atoms with E-state index >= 15 is 0 Å². The molecule has 114 valence electrons. The molecule has 1 aromatic carbocycles. The van der Waals surface area contributed by atoms with Gasteiger partial charge in [-0.05, 0) is 24.3 Å². The van der Waals surface area contributed by atoms with Crippen LogP contribution in [-0.2, 0) is 11.3 Å². The number of ether oxygens (including phenoxy) is 1. The third kappa shape index (κ3) is 2.42. The van der Waals surface area contributed by atoms with Crippen molar-refractivity contribution in [3.63, 3.8) is 0 Å². The van der Waals surface area contributed by atoms with Crippen LogP contribution >= 0.6 is 0 Å². The molecule has 0 bridgehead atoms. The highest BCUT2D eigenvalue weighted by Crippen LogP contribution is 2.51. The first-order chi connectivity index (χ1) is 10.0. The molecule has 0 spiro atoms. The Hall–Kier alpha value is -1.55. The van der Waals surface area contributed by atoms with Crippen molar-refractivity contribution >= 4 is 6.09 Å². The van der Waals surface area contributed by atoms with Crippen molar-refractivity contribution in [3.8, 4) is 0 Å². The molecule has 21 heavy (non-hydrogen) atoms. The minimum absolute atomic E-state index is 0.0170. The van der Waals surface area contributed by atoms with Crippen LogP contribution in [0.2, 0.25) is 0 Å². The van der Waals surface area contributed by atoms with Gasteiger partial charge in [0.15, 0.2) is 0 Å². The molecule has 1 heterocycles. The van der Waals surface area contributed by atoms with E-state index in [1.165, 1.54) is 0 Å². The first-order valence-corrected chi connectivity index (χ1v) is 7.74. The quantitative estimate of drug-likeness (QED) is 0.910. The number of benzene rings is 1. The molecule has 3 rings (SSSR count). The molecule has 1 amide bonds. The standard InChI is InChI=1S/C17H24N2O2/c1-17(2)14(18)13-9-6-10-19(15(13)17)16(20)21-11-12-7-4-3-5-8-12/h3-5,7-8,13-15H,6,9-11,18H2,1-2H3/t13-,14+,15-/m0/s1. The van der Waals surface area contributed by atoms with Crippen molar-refractivity contribution in [1.29, 1.82) is 0 Å². The van der Waals surface area contributed by atoms with Crippen LogP contribution in [-0.4, -0.2) is 29.6 Å². The summed E-state index contributed by atoms with van der Waals surface area (Å²) in [5, 5.41) is 0. The lowest BCUT2D eigenvalue weighted by molar-refractivity contribution is -0.0996. The normalized spacial score (nSPS) is 30.2. The van der Waals surface area contributed by atoms with Crippen LogP contribution in [0.25, 0.3) is 0 Å². The topological polar surface area (TPSA) is 55.6 Å². The zero-order valence-corrected chi connectivity index (χ0v) is 12.8. The number of carbonyl (C=O) groups is 1. The average Bonchev–Trinajstić information content (AvgIpc) is 2.52. The number of rotatable bonds is 2. The van der Waals surface area contributed by atoms with E-state index in [0.717, 1.165) is 24.9 Å². The summed E-state index contributed by atoms with van der Waals surface area (Å²) in [5.41, 5.74) is 7.26. The fourth-order valence-corrected chi connectivity index (χ4v) is 3.99. The molecule has 0 radical (unpaired) electrons. The van der Waals surface area contributed by atoms with E-state index < -0.39 is 0 Å². The van der Waals surface area contributed by atoms with Gasteiger partial charge in [-0.1, -0.05) is 44.2 Å². The molecule has 4 heteroatoms. The molecule has 1 aromatic rings. The van der Waals surface area contributed by atoms with Gasteiger partial charge < -0.3 is 15.4 Å². The summed E-state index contributed by atoms with van der Waals surface area (Å²) >= 11 is 0. The van der Waals surface area contributed by atoms with E-state index in [9.17, 15) is 4.79 Å². The summed E-state index contributed by atoms with van der Waals surface area (Å²) < 4.78 is 5.49. The zero-order chi connectivity index (χ0) is 15.0. The molecule has 0 unspecified atom stereocenters. The van der Waals surface area contributed by atoms with Crippen LogP contribution in [0.3, 0.4) is 0 Å². The van der Waals surface area contributed by atoms with Gasteiger partial charge in [-0.2, -0.15) is 0 Å². The highest BCUT2D eigenvalue weighted by molar-refractivity contribution is 5.69. The Kier molecular flexibility index (Phi) is 3.66. The predicted octanol–water partition coefficient (Wildman–Crippen LogP) is 2.77. The van der Waals surface area contributed by atoms with Crippen molar-refractivity contribution in [2.75, 3.05) is 6.54 Å². The molecular weight excluding hydrogens is 264 g/mol. The molecule has 2 fully saturated rings. The van der Waals surface area contributed by atoms with Gasteiger partial charge in [-0.25, -0.2) is 4.79 Å². The molecule has 3 atom stereocenters. The van der Waals surface area contributed by atoms with E-state index in [0.29, 0.717) is 12.5 Å². The number of likely N-dealkylation sites (tertiary alicyclic amines) is 1. The van der Waals surface area contributed by atoms with Crippen LogP contribution in [0.5, 0.6) is 0 Å². The Bertz CT molecular complexity index is 515. The van der Waals surface area contributed by atoms with Gasteiger partial charge >= 0.3 is 6.09 Å².